The van der Waals surface area contributed by atoms with Crippen LogP contribution in [0.4, 0.5) is 0 Å². The molecule has 0 saturated heterocycles. The summed E-state index contributed by atoms with van der Waals surface area (Å²) in [6.45, 7) is 4.19. The smallest absolute Gasteiger partial charge is 0.234 e. The molecule has 1 N–H and O–H groups in total. The van der Waals surface area contributed by atoms with E-state index in [9.17, 15) is 4.79 Å². The predicted octanol–water partition coefficient (Wildman–Crippen LogP) is 3.25. The van der Waals surface area contributed by atoms with Gasteiger partial charge in [0.25, 0.3) is 0 Å². The highest BCUT2D eigenvalue weighted by Gasteiger charge is 2.21. The van der Waals surface area contributed by atoms with E-state index in [1.54, 1.807) is 7.11 Å². The topological polar surface area (TPSA) is 46.5 Å². The highest BCUT2D eigenvalue weighted by atomic mass is 16.5. The van der Waals surface area contributed by atoms with Crippen molar-refractivity contribution in [3.8, 4) is 5.75 Å². The van der Waals surface area contributed by atoms with Crippen LogP contribution >= 0.6 is 0 Å². The number of aryl methyl sites for hydroxylation is 1. The molecule has 2 aromatic carbocycles. The van der Waals surface area contributed by atoms with Crippen molar-refractivity contribution in [3.63, 3.8) is 0 Å². The summed E-state index contributed by atoms with van der Waals surface area (Å²) in [6.07, 6.45) is 2.93. The van der Waals surface area contributed by atoms with Crippen molar-refractivity contribution < 1.29 is 9.53 Å². The molecule has 0 spiro atoms. The minimum absolute atomic E-state index is 0.0641. The Kier molecular flexibility index (Phi) is 5.09. The zero-order valence-electron chi connectivity index (χ0n) is 16.7. The number of nitrogens with one attached hydrogen (secondary N) is 1. The van der Waals surface area contributed by atoms with Crippen molar-refractivity contribution in [1.82, 2.24) is 14.8 Å². The minimum atomic E-state index is 0.0641. The van der Waals surface area contributed by atoms with Gasteiger partial charge in [0, 0.05) is 43.3 Å². The molecule has 0 unspecified atom stereocenters. The molecule has 1 aliphatic heterocycles. The first-order valence-corrected chi connectivity index (χ1v) is 9.74. The van der Waals surface area contributed by atoms with Crippen LogP contribution in [0.1, 0.15) is 23.6 Å². The van der Waals surface area contributed by atoms with Crippen molar-refractivity contribution >= 4 is 16.8 Å². The maximum atomic E-state index is 12.5. The Balaban J connectivity index is 1.37. The monoisotopic (exact) mass is 377 g/mol. The molecule has 1 amide bonds. The van der Waals surface area contributed by atoms with Crippen molar-refractivity contribution in [2.45, 2.75) is 32.5 Å². The molecule has 2 heterocycles. The number of rotatable bonds is 6. The number of fused-ring (bicyclic) bond motifs is 2. The normalized spacial score (nSPS) is 14.8. The molecule has 5 nitrogen and oxygen atoms in total. The molecule has 0 fully saturated rings. The van der Waals surface area contributed by atoms with Crippen LogP contribution in [0.2, 0.25) is 0 Å². The number of aromatic nitrogens is 1. The highest BCUT2D eigenvalue weighted by molar-refractivity contribution is 5.85. The van der Waals surface area contributed by atoms with E-state index in [0.717, 1.165) is 25.3 Å². The molecule has 3 aromatic rings. The third kappa shape index (κ3) is 3.76. The van der Waals surface area contributed by atoms with E-state index in [-0.39, 0.29) is 11.9 Å². The second-order valence-corrected chi connectivity index (χ2v) is 7.73. The molecule has 146 valence electrons. The molecule has 4 rings (SSSR count). The molecule has 0 radical (unpaired) electrons. The van der Waals surface area contributed by atoms with E-state index in [2.05, 4.69) is 64.3 Å². The fourth-order valence-corrected chi connectivity index (χ4v) is 4.16. The maximum Gasteiger partial charge on any atom is 0.234 e. The zero-order valence-corrected chi connectivity index (χ0v) is 16.7. The van der Waals surface area contributed by atoms with Crippen LogP contribution in [-0.2, 0) is 31.4 Å². The molecule has 5 heteroatoms. The number of amides is 1. The molecule has 1 aliphatic rings. The maximum absolute atomic E-state index is 12.5. The average Bonchev–Trinajstić information content (AvgIpc) is 3.21. The first kappa shape index (κ1) is 18.6. The first-order chi connectivity index (χ1) is 13.5. The summed E-state index contributed by atoms with van der Waals surface area (Å²) in [5.41, 5.74) is 5.04. The Labute approximate surface area is 165 Å². The molecular formula is C23H27N3O2. The second-order valence-electron chi connectivity index (χ2n) is 7.73. The summed E-state index contributed by atoms with van der Waals surface area (Å²) in [7, 11) is 3.73. The van der Waals surface area contributed by atoms with Crippen LogP contribution in [0, 0.1) is 0 Å². The van der Waals surface area contributed by atoms with Gasteiger partial charge in [-0.25, -0.2) is 0 Å². The van der Waals surface area contributed by atoms with Crippen LogP contribution in [-0.4, -0.2) is 35.1 Å². The summed E-state index contributed by atoms with van der Waals surface area (Å²) >= 11 is 0. The molecule has 0 aliphatic carbocycles. The number of nitrogens with zero attached hydrogens (tertiary/aromatic N) is 2. The van der Waals surface area contributed by atoms with Crippen LogP contribution in [0.25, 0.3) is 10.9 Å². The van der Waals surface area contributed by atoms with Gasteiger partial charge in [-0.05, 0) is 48.2 Å². The fourth-order valence-electron chi connectivity index (χ4n) is 4.16. The van der Waals surface area contributed by atoms with Gasteiger partial charge in [0.2, 0.25) is 5.91 Å². The van der Waals surface area contributed by atoms with Gasteiger partial charge in [0.1, 0.15) is 5.75 Å². The summed E-state index contributed by atoms with van der Waals surface area (Å²) < 4.78 is 7.50. The Morgan fingerprint density at radius 2 is 1.89 bits per heavy atom. The molecule has 28 heavy (non-hydrogen) atoms. The van der Waals surface area contributed by atoms with E-state index >= 15 is 0 Å². The van der Waals surface area contributed by atoms with Gasteiger partial charge in [-0.2, -0.15) is 0 Å². The number of benzene rings is 2. The Hall–Kier alpha value is -2.79. The summed E-state index contributed by atoms with van der Waals surface area (Å²) in [5, 5.41) is 4.34. The third-order valence-electron chi connectivity index (χ3n) is 5.49. The van der Waals surface area contributed by atoms with E-state index in [1.807, 2.05) is 13.1 Å². The lowest BCUT2D eigenvalue weighted by Crippen LogP contribution is -2.40. The molecular weight excluding hydrogens is 350 g/mol. The Morgan fingerprint density at radius 1 is 1.18 bits per heavy atom. The Bertz CT molecular complexity index is 983. The van der Waals surface area contributed by atoms with Crippen LogP contribution in [0.3, 0.4) is 0 Å². The molecule has 1 aromatic heterocycles. The summed E-state index contributed by atoms with van der Waals surface area (Å²) in [4.78, 5) is 14.7. The number of methoxy groups -OCH3 is 1. The largest absolute Gasteiger partial charge is 0.497 e. The van der Waals surface area contributed by atoms with E-state index in [1.165, 1.54) is 27.6 Å². The van der Waals surface area contributed by atoms with Gasteiger partial charge in [0.15, 0.2) is 0 Å². The standard InChI is InChI=1S/C23H27N3O2/c1-16(10-19-12-25(2)22-9-8-20(28-3)11-21(19)22)24-23(27)15-26-13-17-6-4-5-7-18(17)14-26/h4-9,11-12,16H,10,13-15H2,1-3H3,(H,24,27)/t16-/m0/s1. The number of carbonyl (C=O) groups is 1. The highest BCUT2D eigenvalue weighted by Crippen LogP contribution is 2.26. The second kappa shape index (κ2) is 7.68. The van der Waals surface area contributed by atoms with Crippen LogP contribution < -0.4 is 10.1 Å². The summed E-state index contributed by atoms with van der Waals surface area (Å²) in [5.74, 6) is 0.934. The van der Waals surface area contributed by atoms with Crippen molar-refractivity contribution in [2.24, 2.45) is 7.05 Å². The number of hydrogen-bond donors (Lipinski definition) is 1. The number of hydrogen-bond acceptors (Lipinski definition) is 3. The van der Waals surface area contributed by atoms with Gasteiger partial charge in [-0.1, -0.05) is 24.3 Å². The Morgan fingerprint density at radius 3 is 2.57 bits per heavy atom. The van der Waals surface area contributed by atoms with Gasteiger partial charge < -0.3 is 14.6 Å². The van der Waals surface area contributed by atoms with Crippen molar-refractivity contribution in [2.75, 3.05) is 13.7 Å². The van der Waals surface area contributed by atoms with Crippen LogP contribution in [0.15, 0.2) is 48.7 Å². The van der Waals surface area contributed by atoms with Crippen LogP contribution in [0.5, 0.6) is 5.75 Å². The molecule has 0 bridgehead atoms. The van der Waals surface area contributed by atoms with Gasteiger partial charge in [-0.3, -0.25) is 9.69 Å². The van der Waals surface area contributed by atoms with E-state index in [4.69, 9.17) is 4.74 Å². The zero-order chi connectivity index (χ0) is 19.7. The third-order valence-corrected chi connectivity index (χ3v) is 5.49. The number of ether oxygens (including phenoxy) is 1. The first-order valence-electron chi connectivity index (χ1n) is 9.74. The lowest BCUT2D eigenvalue weighted by Gasteiger charge is -2.18. The molecule has 1 atom stereocenters. The van der Waals surface area contributed by atoms with Gasteiger partial charge >= 0.3 is 0 Å². The molecule has 0 saturated carbocycles. The fraction of sp³-hybridized carbons (Fsp3) is 0.348. The SMILES string of the molecule is COc1ccc2c(c1)c(C[C@H](C)NC(=O)CN1Cc3ccccc3C1)cn2C. The average molecular weight is 377 g/mol. The quantitative estimate of drug-likeness (QED) is 0.717. The predicted molar refractivity (Wildman–Crippen MR) is 111 cm³/mol. The van der Waals surface area contributed by atoms with Gasteiger partial charge in [-0.15, -0.1) is 0 Å². The van der Waals surface area contributed by atoms with Crippen molar-refractivity contribution in [1.29, 1.82) is 0 Å². The van der Waals surface area contributed by atoms with Gasteiger partial charge in [0.05, 0.1) is 13.7 Å². The minimum Gasteiger partial charge on any atom is -0.497 e. The lowest BCUT2D eigenvalue weighted by molar-refractivity contribution is -0.122. The van der Waals surface area contributed by atoms with Crippen molar-refractivity contribution in [3.05, 3.63) is 65.4 Å². The number of carbonyl (C=O) groups excluding carboxylic acids is 1. The summed E-state index contributed by atoms with van der Waals surface area (Å²) in [6, 6.07) is 14.6. The van der Waals surface area contributed by atoms with E-state index < -0.39 is 0 Å². The lowest BCUT2D eigenvalue weighted by atomic mass is 10.1. The van der Waals surface area contributed by atoms with E-state index in [0.29, 0.717) is 6.54 Å².